The maximum absolute atomic E-state index is 12.2. The quantitative estimate of drug-likeness (QED) is 0.606. The highest BCUT2D eigenvalue weighted by Crippen LogP contribution is 2.14. The van der Waals surface area contributed by atoms with Gasteiger partial charge in [0, 0.05) is 41.5 Å². The molecule has 1 aromatic carbocycles. The first-order valence-corrected chi connectivity index (χ1v) is 8.20. The van der Waals surface area contributed by atoms with Gasteiger partial charge in [-0.15, -0.1) is 0 Å². The zero-order valence-corrected chi connectivity index (χ0v) is 13.0. The minimum Gasteiger partial charge on any atom is -0.378 e. The molecule has 1 aromatic rings. The van der Waals surface area contributed by atoms with Crippen LogP contribution in [0.2, 0.25) is 0 Å². The van der Waals surface area contributed by atoms with Gasteiger partial charge in [-0.05, 0) is 18.2 Å². The normalized spacial score (nSPS) is 16.4. The van der Waals surface area contributed by atoms with Crippen molar-refractivity contribution >= 4 is 38.8 Å². The van der Waals surface area contributed by atoms with Crippen molar-refractivity contribution in [2.75, 3.05) is 26.3 Å². The van der Waals surface area contributed by atoms with Gasteiger partial charge in [-0.3, -0.25) is 4.79 Å². The van der Waals surface area contributed by atoms with E-state index >= 15 is 0 Å². The monoisotopic (exact) mass is 396 g/mol. The van der Waals surface area contributed by atoms with Crippen LogP contribution < -0.4 is 2.94 Å². The van der Waals surface area contributed by atoms with E-state index in [4.69, 9.17) is 4.74 Å². The molecule has 0 atom stereocenters. The van der Waals surface area contributed by atoms with Crippen molar-refractivity contribution < 1.29 is 17.9 Å². The van der Waals surface area contributed by atoms with Gasteiger partial charge in [-0.1, -0.05) is 6.07 Å². The van der Waals surface area contributed by atoms with E-state index in [1.807, 2.05) is 0 Å². The average Bonchev–Trinajstić information content (AvgIpc) is 2.47. The second kappa shape index (κ2) is 6.16. The second-order valence-corrected chi connectivity index (χ2v) is 6.97. The number of amides is 1. The Morgan fingerprint density at radius 2 is 2.00 bits per heavy atom. The maximum Gasteiger partial charge on any atom is 0.254 e. The fourth-order valence-corrected chi connectivity index (χ4v) is 3.18. The van der Waals surface area contributed by atoms with Gasteiger partial charge >= 0.3 is 0 Å². The van der Waals surface area contributed by atoms with Gasteiger partial charge in [-0.2, -0.15) is 2.94 Å². The first kappa shape index (κ1) is 14.7. The van der Waals surface area contributed by atoms with Crippen LogP contribution in [0.15, 0.2) is 29.2 Å². The Kier molecular flexibility index (Phi) is 4.76. The van der Waals surface area contributed by atoms with E-state index in [-0.39, 0.29) is 10.8 Å². The fraction of sp³-hybridized carbons (Fsp3) is 0.364. The van der Waals surface area contributed by atoms with Crippen molar-refractivity contribution in [2.45, 2.75) is 4.90 Å². The third-order valence-corrected chi connectivity index (χ3v) is 5.61. The smallest absolute Gasteiger partial charge is 0.254 e. The van der Waals surface area contributed by atoms with Gasteiger partial charge in [0.15, 0.2) is 0 Å². The average molecular weight is 396 g/mol. The summed E-state index contributed by atoms with van der Waals surface area (Å²) in [5.41, 5.74) is 0.370. The molecule has 1 saturated heterocycles. The van der Waals surface area contributed by atoms with Crippen LogP contribution in [0.4, 0.5) is 0 Å². The molecule has 0 aliphatic carbocycles. The molecule has 0 radical (unpaired) electrons. The highest BCUT2D eigenvalue weighted by Gasteiger charge is 2.20. The van der Waals surface area contributed by atoms with E-state index in [1.165, 1.54) is 12.1 Å². The molecule has 2 rings (SSSR count). The maximum atomic E-state index is 12.2. The van der Waals surface area contributed by atoms with Gasteiger partial charge in [0.25, 0.3) is 5.91 Å². The molecular formula is C11H13IN2O4S. The summed E-state index contributed by atoms with van der Waals surface area (Å²) >= 11 is 1.56. The predicted molar refractivity (Wildman–Crippen MR) is 77.5 cm³/mol. The molecule has 1 amide bonds. The van der Waals surface area contributed by atoms with Crippen LogP contribution >= 0.6 is 22.9 Å². The topological polar surface area (TPSA) is 75.7 Å². The highest BCUT2D eigenvalue weighted by atomic mass is 127. The van der Waals surface area contributed by atoms with Crippen LogP contribution in [0.1, 0.15) is 10.4 Å². The molecule has 8 heteroatoms. The molecule has 1 fully saturated rings. The van der Waals surface area contributed by atoms with E-state index in [2.05, 4.69) is 2.94 Å². The van der Waals surface area contributed by atoms with E-state index < -0.39 is 10.0 Å². The summed E-state index contributed by atoms with van der Waals surface area (Å²) in [6.45, 7) is 2.08. The Morgan fingerprint density at radius 3 is 2.63 bits per heavy atom. The van der Waals surface area contributed by atoms with Gasteiger partial charge in [0.1, 0.15) is 0 Å². The minimum absolute atomic E-state index is 0.0843. The summed E-state index contributed by atoms with van der Waals surface area (Å²) in [7, 11) is -3.54. The first-order valence-electron chi connectivity index (χ1n) is 5.64. The lowest BCUT2D eigenvalue weighted by Gasteiger charge is -2.26. The number of ether oxygens (including phenoxy) is 1. The number of benzene rings is 1. The number of morpholine rings is 1. The van der Waals surface area contributed by atoms with Gasteiger partial charge < -0.3 is 9.64 Å². The molecule has 0 unspecified atom stereocenters. The highest BCUT2D eigenvalue weighted by molar-refractivity contribution is 14.1. The zero-order valence-electron chi connectivity index (χ0n) is 10.0. The molecule has 1 aliphatic heterocycles. The predicted octanol–water partition coefficient (Wildman–Crippen LogP) is 0.787. The van der Waals surface area contributed by atoms with E-state index in [9.17, 15) is 13.2 Å². The van der Waals surface area contributed by atoms with Crippen molar-refractivity contribution in [1.29, 1.82) is 0 Å². The molecule has 0 bridgehead atoms. The number of carbonyl (C=O) groups excluding carboxylic acids is 1. The minimum atomic E-state index is -3.54. The van der Waals surface area contributed by atoms with Gasteiger partial charge in [0.2, 0.25) is 10.0 Å². The summed E-state index contributed by atoms with van der Waals surface area (Å²) in [6, 6.07) is 6.02. The third-order valence-electron chi connectivity index (χ3n) is 2.79. The van der Waals surface area contributed by atoms with Crippen molar-refractivity contribution in [2.24, 2.45) is 0 Å². The first-order chi connectivity index (χ1) is 9.04. The Balaban J connectivity index is 2.25. The Labute approximate surface area is 125 Å². The van der Waals surface area contributed by atoms with Crippen molar-refractivity contribution in [3.8, 4) is 0 Å². The number of hydrogen-bond acceptors (Lipinski definition) is 4. The number of carbonyl (C=O) groups is 1. The molecule has 0 aromatic heterocycles. The summed E-state index contributed by atoms with van der Waals surface area (Å²) in [5.74, 6) is -0.172. The molecule has 6 nitrogen and oxygen atoms in total. The molecule has 104 valence electrons. The summed E-state index contributed by atoms with van der Waals surface area (Å²) in [6.07, 6.45) is 0. The third kappa shape index (κ3) is 3.44. The standard InChI is InChI=1S/C11H13IN2O4S/c12-13-19(16,17)10-3-1-2-9(8-10)11(15)14-4-6-18-7-5-14/h1-3,8,13H,4-7H2. The summed E-state index contributed by atoms with van der Waals surface area (Å²) < 4.78 is 30.8. The van der Waals surface area contributed by atoms with Crippen LogP contribution in [-0.2, 0) is 14.8 Å². The molecule has 1 heterocycles. The lowest BCUT2D eigenvalue weighted by Crippen LogP contribution is -2.40. The van der Waals surface area contributed by atoms with Crippen molar-refractivity contribution in [3.63, 3.8) is 0 Å². The number of nitrogens with one attached hydrogen (secondary N) is 1. The Bertz CT molecular complexity index is 570. The number of rotatable bonds is 3. The van der Waals surface area contributed by atoms with Gasteiger partial charge in [0.05, 0.1) is 18.1 Å². The Hall–Kier alpha value is -0.710. The van der Waals surface area contributed by atoms with E-state index in [1.54, 1.807) is 39.9 Å². The van der Waals surface area contributed by atoms with E-state index in [0.29, 0.717) is 31.9 Å². The molecular weight excluding hydrogens is 383 g/mol. The van der Waals surface area contributed by atoms with Crippen LogP contribution in [-0.4, -0.2) is 45.5 Å². The van der Waals surface area contributed by atoms with Crippen LogP contribution in [0.25, 0.3) is 0 Å². The molecule has 19 heavy (non-hydrogen) atoms. The molecule has 1 N–H and O–H groups in total. The summed E-state index contributed by atoms with van der Waals surface area (Å²) in [5, 5.41) is 0. The lowest BCUT2D eigenvalue weighted by molar-refractivity contribution is 0.0302. The molecule has 0 spiro atoms. The summed E-state index contributed by atoms with van der Waals surface area (Å²) in [4.78, 5) is 14.0. The van der Waals surface area contributed by atoms with Crippen molar-refractivity contribution in [1.82, 2.24) is 7.84 Å². The fourth-order valence-electron chi connectivity index (χ4n) is 1.79. The molecule has 1 aliphatic rings. The molecule has 0 saturated carbocycles. The van der Waals surface area contributed by atoms with Crippen molar-refractivity contribution in [3.05, 3.63) is 29.8 Å². The van der Waals surface area contributed by atoms with Crippen LogP contribution in [0.5, 0.6) is 0 Å². The number of halogens is 1. The SMILES string of the molecule is O=C(c1cccc(S(=O)(=O)NI)c1)N1CCOCC1. The largest absolute Gasteiger partial charge is 0.378 e. The second-order valence-electron chi connectivity index (χ2n) is 4.01. The van der Waals surface area contributed by atoms with E-state index in [0.717, 1.165) is 0 Å². The van der Waals surface area contributed by atoms with Crippen LogP contribution in [0, 0.1) is 0 Å². The van der Waals surface area contributed by atoms with Crippen LogP contribution in [0.3, 0.4) is 0 Å². The number of hydrogen-bond donors (Lipinski definition) is 1. The Morgan fingerprint density at radius 1 is 1.32 bits per heavy atom. The number of nitrogens with zero attached hydrogens (tertiary/aromatic N) is 1. The number of sulfonamides is 1. The zero-order chi connectivity index (χ0) is 13.9. The van der Waals surface area contributed by atoms with Gasteiger partial charge in [-0.25, -0.2) is 8.42 Å². The lowest BCUT2D eigenvalue weighted by atomic mass is 10.2.